The lowest BCUT2D eigenvalue weighted by molar-refractivity contribution is 0.197. The summed E-state index contributed by atoms with van der Waals surface area (Å²) in [5.74, 6) is 0.925. The van der Waals surface area contributed by atoms with Crippen molar-refractivity contribution in [3.63, 3.8) is 0 Å². The van der Waals surface area contributed by atoms with Gasteiger partial charge in [-0.2, -0.15) is 0 Å². The smallest absolute Gasteiger partial charge is 0.191 e. The first kappa shape index (κ1) is 22.9. The lowest BCUT2D eigenvalue weighted by atomic mass is 10.3. The van der Waals surface area contributed by atoms with Crippen molar-refractivity contribution in [2.45, 2.75) is 26.2 Å². The summed E-state index contributed by atoms with van der Waals surface area (Å²) in [4.78, 5) is 9.56. The molecule has 0 aromatic carbocycles. The Morgan fingerprint density at radius 1 is 1.13 bits per heavy atom. The number of hydrogen-bond acceptors (Lipinski definition) is 4. The van der Waals surface area contributed by atoms with Gasteiger partial charge in [0.1, 0.15) is 0 Å². The SMILES string of the molecule is CCNC(=NCCCOC)NCCCN1CCCN(C)CC1.I. The Kier molecular flexibility index (Phi) is 15.3. The molecule has 0 aromatic heterocycles. The molecule has 1 heterocycles. The van der Waals surface area contributed by atoms with Gasteiger partial charge in [-0.3, -0.25) is 4.99 Å². The first-order chi connectivity index (χ1) is 10.8. The molecule has 23 heavy (non-hydrogen) atoms. The summed E-state index contributed by atoms with van der Waals surface area (Å²) in [6.45, 7) is 11.6. The maximum absolute atomic E-state index is 5.05. The summed E-state index contributed by atoms with van der Waals surface area (Å²) in [7, 11) is 3.95. The number of nitrogens with zero attached hydrogens (tertiary/aromatic N) is 3. The number of nitrogens with one attached hydrogen (secondary N) is 2. The van der Waals surface area contributed by atoms with E-state index in [0.29, 0.717) is 0 Å². The molecule has 0 aromatic rings. The summed E-state index contributed by atoms with van der Waals surface area (Å²) >= 11 is 0. The highest BCUT2D eigenvalue weighted by Gasteiger charge is 2.11. The normalized spacial score (nSPS) is 17.4. The van der Waals surface area contributed by atoms with Crippen molar-refractivity contribution < 1.29 is 4.74 Å². The minimum atomic E-state index is 0. The molecule has 0 aliphatic carbocycles. The van der Waals surface area contributed by atoms with E-state index in [1.54, 1.807) is 7.11 Å². The van der Waals surface area contributed by atoms with Gasteiger partial charge in [-0.25, -0.2) is 0 Å². The molecule has 138 valence electrons. The van der Waals surface area contributed by atoms with Crippen molar-refractivity contribution in [1.29, 1.82) is 0 Å². The molecule has 0 atom stereocenters. The molecule has 7 heteroatoms. The van der Waals surface area contributed by atoms with Gasteiger partial charge in [0.05, 0.1) is 0 Å². The Hall–Kier alpha value is -0.120. The van der Waals surface area contributed by atoms with Crippen molar-refractivity contribution >= 4 is 29.9 Å². The fourth-order valence-electron chi connectivity index (χ4n) is 2.57. The molecule has 1 saturated heterocycles. The van der Waals surface area contributed by atoms with Gasteiger partial charge in [0.15, 0.2) is 5.96 Å². The number of rotatable bonds is 9. The summed E-state index contributed by atoms with van der Waals surface area (Å²) in [6.07, 6.45) is 3.41. The third-order valence-corrected chi connectivity index (χ3v) is 3.88. The van der Waals surface area contributed by atoms with E-state index < -0.39 is 0 Å². The zero-order valence-corrected chi connectivity index (χ0v) is 17.5. The molecule has 0 saturated carbocycles. The van der Waals surface area contributed by atoms with Crippen LogP contribution in [0, 0.1) is 0 Å². The molecule has 0 radical (unpaired) electrons. The second-order valence-corrected chi connectivity index (χ2v) is 5.89. The van der Waals surface area contributed by atoms with Gasteiger partial charge in [-0.1, -0.05) is 0 Å². The summed E-state index contributed by atoms with van der Waals surface area (Å²) in [6, 6.07) is 0. The highest BCUT2D eigenvalue weighted by Crippen LogP contribution is 2.01. The Morgan fingerprint density at radius 3 is 2.70 bits per heavy atom. The van der Waals surface area contributed by atoms with E-state index in [1.165, 1.54) is 39.1 Å². The van der Waals surface area contributed by atoms with Gasteiger partial charge in [-0.15, -0.1) is 24.0 Å². The van der Waals surface area contributed by atoms with Crippen LogP contribution in [0.3, 0.4) is 0 Å². The van der Waals surface area contributed by atoms with E-state index in [9.17, 15) is 0 Å². The third kappa shape index (κ3) is 12.0. The van der Waals surface area contributed by atoms with Crippen LogP contribution in [0.5, 0.6) is 0 Å². The molecule has 0 bridgehead atoms. The van der Waals surface area contributed by atoms with E-state index in [4.69, 9.17) is 4.74 Å². The van der Waals surface area contributed by atoms with Crippen LogP contribution in [0.15, 0.2) is 4.99 Å². The maximum Gasteiger partial charge on any atom is 0.191 e. The standard InChI is InChI=1S/C16H35N5O.HI/c1-4-17-16(19-9-6-15-22-3)18-8-5-11-21-12-7-10-20(2)13-14-21;/h4-15H2,1-3H3,(H2,17,18,19);1H. The predicted molar refractivity (Wildman–Crippen MR) is 109 cm³/mol. The summed E-state index contributed by atoms with van der Waals surface area (Å²) in [5.41, 5.74) is 0. The van der Waals surface area contributed by atoms with Gasteiger partial charge in [0.2, 0.25) is 0 Å². The van der Waals surface area contributed by atoms with E-state index in [1.807, 2.05) is 0 Å². The Morgan fingerprint density at radius 2 is 1.96 bits per heavy atom. The van der Waals surface area contributed by atoms with Gasteiger partial charge in [-0.05, 0) is 52.9 Å². The largest absolute Gasteiger partial charge is 0.385 e. The van der Waals surface area contributed by atoms with Crippen LogP contribution in [0.2, 0.25) is 0 Å². The average Bonchev–Trinajstić information content (AvgIpc) is 2.72. The van der Waals surface area contributed by atoms with E-state index >= 15 is 0 Å². The Bertz CT molecular complexity index is 304. The number of halogens is 1. The van der Waals surface area contributed by atoms with Crippen molar-refractivity contribution in [2.24, 2.45) is 4.99 Å². The minimum Gasteiger partial charge on any atom is -0.385 e. The zero-order valence-electron chi connectivity index (χ0n) is 15.1. The average molecular weight is 441 g/mol. The van der Waals surface area contributed by atoms with Gasteiger partial charge >= 0.3 is 0 Å². The van der Waals surface area contributed by atoms with Crippen LogP contribution in [-0.4, -0.2) is 88.9 Å². The molecule has 1 aliphatic rings. The second-order valence-electron chi connectivity index (χ2n) is 5.89. The molecule has 1 rings (SSSR count). The Balaban J connectivity index is 0.00000484. The minimum absolute atomic E-state index is 0. The van der Waals surface area contributed by atoms with E-state index in [2.05, 4.69) is 39.4 Å². The van der Waals surface area contributed by atoms with Crippen molar-refractivity contribution in [2.75, 3.05) is 73.1 Å². The molecule has 1 fully saturated rings. The number of hydrogen-bond donors (Lipinski definition) is 2. The summed E-state index contributed by atoms with van der Waals surface area (Å²) < 4.78 is 5.05. The first-order valence-electron chi connectivity index (χ1n) is 8.68. The summed E-state index contributed by atoms with van der Waals surface area (Å²) in [5, 5.41) is 6.71. The Labute approximate surface area is 159 Å². The number of ether oxygens (including phenoxy) is 1. The monoisotopic (exact) mass is 441 g/mol. The van der Waals surface area contributed by atoms with Crippen molar-refractivity contribution in [3.8, 4) is 0 Å². The highest BCUT2D eigenvalue weighted by molar-refractivity contribution is 14.0. The van der Waals surface area contributed by atoms with Gasteiger partial charge in [0.25, 0.3) is 0 Å². The van der Waals surface area contributed by atoms with Gasteiger partial charge in [0, 0.05) is 46.4 Å². The van der Waals surface area contributed by atoms with Crippen LogP contribution in [0.4, 0.5) is 0 Å². The lowest BCUT2D eigenvalue weighted by Crippen LogP contribution is -2.39. The molecule has 1 aliphatic heterocycles. The van der Waals surface area contributed by atoms with Crippen LogP contribution >= 0.6 is 24.0 Å². The molecular formula is C16H36IN5O. The highest BCUT2D eigenvalue weighted by atomic mass is 127. The molecule has 0 amide bonds. The molecular weight excluding hydrogens is 405 g/mol. The number of methoxy groups -OCH3 is 1. The van der Waals surface area contributed by atoms with Crippen LogP contribution in [0.1, 0.15) is 26.2 Å². The quantitative estimate of drug-likeness (QED) is 0.244. The molecule has 0 spiro atoms. The predicted octanol–water partition coefficient (Wildman–Crippen LogP) is 1.22. The number of guanidine groups is 1. The van der Waals surface area contributed by atoms with Crippen LogP contribution < -0.4 is 10.6 Å². The first-order valence-corrected chi connectivity index (χ1v) is 8.68. The number of likely N-dealkylation sites (N-methyl/N-ethyl adjacent to an activating group) is 1. The molecule has 2 N–H and O–H groups in total. The topological polar surface area (TPSA) is 52.1 Å². The fourth-order valence-corrected chi connectivity index (χ4v) is 2.57. The maximum atomic E-state index is 5.05. The third-order valence-electron chi connectivity index (χ3n) is 3.88. The lowest BCUT2D eigenvalue weighted by Gasteiger charge is -2.20. The van der Waals surface area contributed by atoms with Crippen molar-refractivity contribution in [1.82, 2.24) is 20.4 Å². The molecule has 0 unspecified atom stereocenters. The van der Waals surface area contributed by atoms with E-state index in [-0.39, 0.29) is 24.0 Å². The fraction of sp³-hybridized carbons (Fsp3) is 0.938. The van der Waals surface area contributed by atoms with Crippen LogP contribution in [-0.2, 0) is 4.74 Å². The van der Waals surface area contributed by atoms with Crippen molar-refractivity contribution in [3.05, 3.63) is 0 Å². The second kappa shape index (κ2) is 15.4. The molecule has 6 nitrogen and oxygen atoms in total. The van der Waals surface area contributed by atoms with Crippen LogP contribution in [0.25, 0.3) is 0 Å². The van der Waals surface area contributed by atoms with Gasteiger partial charge < -0.3 is 25.2 Å². The zero-order chi connectivity index (χ0) is 16.0. The number of aliphatic imine (C=N–C) groups is 1. The van der Waals surface area contributed by atoms with E-state index in [0.717, 1.165) is 45.0 Å².